The Balaban J connectivity index is 2.99. The molecule has 0 unspecified atom stereocenters. The van der Waals surface area contributed by atoms with Crippen molar-refractivity contribution >= 4 is 25.0 Å². The third-order valence-corrected chi connectivity index (χ3v) is 0.792. The van der Waals surface area contributed by atoms with Gasteiger partial charge in [0.05, 0.1) is 0 Å². The van der Waals surface area contributed by atoms with Gasteiger partial charge in [-0.2, -0.15) is 0 Å². The highest BCUT2D eigenvalue weighted by Gasteiger charge is 1.85. The molecule has 0 bridgehead atoms. The fraction of sp³-hybridized carbons (Fsp3) is 0.500. The van der Waals surface area contributed by atoms with Gasteiger partial charge in [-0.1, -0.05) is 11.8 Å². The van der Waals surface area contributed by atoms with Gasteiger partial charge in [0.25, 0.3) is 5.24 Å². The lowest BCUT2D eigenvalue weighted by Gasteiger charge is -1.86. The van der Waals surface area contributed by atoms with Gasteiger partial charge >= 0.3 is 0 Å². The van der Waals surface area contributed by atoms with E-state index in [1.165, 1.54) is 0 Å². The van der Waals surface area contributed by atoms with E-state index in [4.69, 9.17) is 0 Å². The van der Waals surface area contributed by atoms with Gasteiger partial charge in [-0.05, 0) is 6.26 Å². The Morgan fingerprint density at radius 2 is 2.50 bits per heavy atom. The standard InChI is InChI=1S/C2H4BNOS/c1-6-2(5)4-3/h1H3,(H,4,5). The maximum absolute atomic E-state index is 9.91. The van der Waals surface area contributed by atoms with Crippen molar-refractivity contribution < 1.29 is 4.79 Å². The highest BCUT2D eigenvalue weighted by Crippen LogP contribution is 1.88. The van der Waals surface area contributed by atoms with E-state index in [0.717, 1.165) is 11.8 Å². The fourth-order valence-electron chi connectivity index (χ4n) is 0.0589. The third-order valence-electron chi connectivity index (χ3n) is 0.303. The number of thioether (sulfide) groups is 1. The number of nitrogens with one attached hydrogen (secondary N) is 1. The molecule has 0 heterocycles. The van der Waals surface area contributed by atoms with Gasteiger partial charge in [-0.25, -0.2) is 0 Å². The predicted molar refractivity (Wildman–Crippen MR) is 27.8 cm³/mol. The van der Waals surface area contributed by atoms with Gasteiger partial charge in [-0.3, -0.25) is 4.79 Å². The zero-order valence-corrected chi connectivity index (χ0v) is 4.21. The van der Waals surface area contributed by atoms with Gasteiger partial charge in [0.1, 0.15) is 0 Å². The Labute approximate surface area is 42.1 Å². The molecule has 2 radical (unpaired) electrons. The van der Waals surface area contributed by atoms with Crippen LogP contribution in [-0.4, -0.2) is 19.5 Å². The monoisotopic (exact) mass is 101 g/mol. The lowest BCUT2D eigenvalue weighted by atomic mass is 10.5. The minimum absolute atomic E-state index is 0.213. The lowest BCUT2D eigenvalue weighted by molar-refractivity contribution is 0.265. The second-order valence-electron chi connectivity index (χ2n) is 0.636. The summed E-state index contributed by atoms with van der Waals surface area (Å²) in [6.45, 7) is 0. The van der Waals surface area contributed by atoms with Crippen molar-refractivity contribution in [2.45, 2.75) is 0 Å². The Kier molecular flexibility index (Phi) is 3.03. The average Bonchev–Trinajstić information content (AvgIpc) is 1.65. The Hall–Kier alpha value is -0.115. The Morgan fingerprint density at radius 3 is 2.50 bits per heavy atom. The second-order valence-corrected chi connectivity index (χ2v) is 1.41. The van der Waals surface area contributed by atoms with Crippen LogP contribution in [0.15, 0.2) is 0 Å². The molecule has 0 atom stereocenters. The molecule has 0 rings (SSSR count). The summed E-state index contributed by atoms with van der Waals surface area (Å²) >= 11 is 1.05. The van der Waals surface area contributed by atoms with E-state index in [0.29, 0.717) is 0 Å². The zero-order chi connectivity index (χ0) is 4.99. The summed E-state index contributed by atoms with van der Waals surface area (Å²) in [5.74, 6) is 0. The molecule has 6 heavy (non-hydrogen) atoms. The molecule has 0 aromatic rings. The van der Waals surface area contributed by atoms with Crippen LogP contribution in [0.25, 0.3) is 0 Å². The normalized spacial score (nSPS) is 7.50. The van der Waals surface area contributed by atoms with Crippen molar-refractivity contribution in [3.05, 3.63) is 0 Å². The fourth-order valence-corrected chi connectivity index (χ4v) is 0.177. The van der Waals surface area contributed by atoms with Crippen LogP contribution in [0.4, 0.5) is 4.79 Å². The van der Waals surface area contributed by atoms with Crippen molar-refractivity contribution in [1.82, 2.24) is 5.23 Å². The lowest BCUT2D eigenvalue weighted by Crippen LogP contribution is -2.12. The van der Waals surface area contributed by atoms with E-state index < -0.39 is 0 Å². The van der Waals surface area contributed by atoms with Crippen LogP contribution in [0.1, 0.15) is 0 Å². The SMILES string of the molecule is [B]NC(=O)SC. The van der Waals surface area contributed by atoms with E-state index in [1.807, 2.05) is 5.23 Å². The first-order chi connectivity index (χ1) is 2.81. The van der Waals surface area contributed by atoms with E-state index >= 15 is 0 Å². The van der Waals surface area contributed by atoms with Gasteiger partial charge in [0, 0.05) is 0 Å². The molecular weight excluding hydrogens is 96.9 g/mol. The second kappa shape index (κ2) is 3.09. The van der Waals surface area contributed by atoms with Gasteiger partial charge in [0.2, 0.25) is 7.98 Å². The quantitative estimate of drug-likeness (QED) is 0.439. The van der Waals surface area contributed by atoms with Crippen LogP contribution >= 0.6 is 11.8 Å². The van der Waals surface area contributed by atoms with Crippen LogP contribution in [0.5, 0.6) is 0 Å². The van der Waals surface area contributed by atoms with E-state index in [-0.39, 0.29) is 5.24 Å². The first-order valence-electron chi connectivity index (χ1n) is 1.36. The van der Waals surface area contributed by atoms with Gasteiger partial charge < -0.3 is 5.23 Å². The molecule has 4 heteroatoms. The van der Waals surface area contributed by atoms with Crippen LogP contribution in [0.3, 0.4) is 0 Å². The third kappa shape index (κ3) is 2.14. The molecule has 0 aliphatic rings. The average molecular weight is 101 g/mol. The van der Waals surface area contributed by atoms with E-state index in [2.05, 4.69) is 7.98 Å². The molecule has 1 amide bonds. The largest absolute Gasteiger partial charge is 0.400 e. The van der Waals surface area contributed by atoms with E-state index in [1.54, 1.807) is 6.26 Å². The molecule has 0 aromatic carbocycles. The molecule has 0 spiro atoms. The first kappa shape index (κ1) is 5.88. The molecule has 0 aromatic heterocycles. The molecule has 0 aliphatic carbocycles. The number of hydrogen-bond donors (Lipinski definition) is 1. The van der Waals surface area contributed by atoms with Gasteiger partial charge in [0.15, 0.2) is 0 Å². The maximum atomic E-state index is 9.91. The summed E-state index contributed by atoms with van der Waals surface area (Å²) in [5.41, 5.74) is 0. The number of rotatable bonds is 0. The Morgan fingerprint density at radius 1 is 2.00 bits per heavy atom. The minimum Gasteiger partial charge on any atom is -0.400 e. The van der Waals surface area contributed by atoms with Crippen LogP contribution in [0, 0.1) is 0 Å². The molecule has 2 nitrogen and oxygen atoms in total. The topological polar surface area (TPSA) is 29.1 Å². The summed E-state index contributed by atoms with van der Waals surface area (Å²) in [5, 5.41) is 1.73. The highest BCUT2D eigenvalue weighted by molar-refractivity contribution is 8.13. The number of carbonyl (C=O) groups excluding carboxylic acids is 1. The van der Waals surface area contributed by atoms with E-state index in [9.17, 15) is 4.79 Å². The maximum Gasteiger partial charge on any atom is 0.266 e. The van der Waals surface area contributed by atoms with Crippen molar-refractivity contribution in [3.63, 3.8) is 0 Å². The molecule has 0 saturated heterocycles. The van der Waals surface area contributed by atoms with Crippen molar-refractivity contribution in [3.8, 4) is 0 Å². The smallest absolute Gasteiger partial charge is 0.266 e. The summed E-state index contributed by atoms with van der Waals surface area (Å²) in [6, 6.07) is 0. The minimum atomic E-state index is -0.213. The van der Waals surface area contributed by atoms with Crippen LogP contribution in [0.2, 0.25) is 0 Å². The molecule has 0 aliphatic heterocycles. The summed E-state index contributed by atoms with van der Waals surface area (Å²) in [7, 11) is 4.66. The first-order valence-corrected chi connectivity index (χ1v) is 2.58. The van der Waals surface area contributed by atoms with Crippen molar-refractivity contribution in [1.29, 1.82) is 0 Å². The summed E-state index contributed by atoms with van der Waals surface area (Å²) in [6.07, 6.45) is 1.65. The number of carbonyl (C=O) groups is 1. The van der Waals surface area contributed by atoms with Crippen LogP contribution in [-0.2, 0) is 0 Å². The number of amides is 1. The van der Waals surface area contributed by atoms with Crippen molar-refractivity contribution in [2.75, 3.05) is 6.26 Å². The highest BCUT2D eigenvalue weighted by atomic mass is 32.2. The summed E-state index contributed by atoms with van der Waals surface area (Å²) < 4.78 is 0. The predicted octanol–water partition coefficient (Wildman–Crippen LogP) is 0.143. The molecule has 0 saturated carbocycles. The molecule has 0 fully saturated rings. The van der Waals surface area contributed by atoms with Crippen LogP contribution < -0.4 is 5.23 Å². The van der Waals surface area contributed by atoms with Crippen molar-refractivity contribution in [2.24, 2.45) is 0 Å². The molecule has 1 N–H and O–H groups in total. The molecular formula is C2H4BNOS. The summed E-state index contributed by atoms with van der Waals surface area (Å²) in [4.78, 5) is 9.91. The number of hydrogen-bond acceptors (Lipinski definition) is 2. The zero-order valence-electron chi connectivity index (χ0n) is 3.39. The Bertz CT molecular complexity index is 51.5. The molecule has 32 valence electrons. The van der Waals surface area contributed by atoms with Gasteiger partial charge in [-0.15, -0.1) is 0 Å².